The molecule has 1 aromatic carbocycles. The van der Waals surface area contributed by atoms with E-state index >= 15 is 0 Å². The number of benzene rings is 1. The van der Waals surface area contributed by atoms with Crippen LogP contribution in [0, 0.1) is 5.92 Å². The molecule has 1 fully saturated rings. The third kappa shape index (κ3) is 2.80. The first kappa shape index (κ1) is 12.4. The molecule has 0 unspecified atom stereocenters. The van der Waals surface area contributed by atoms with Gasteiger partial charge in [-0.05, 0) is 52.9 Å². The van der Waals surface area contributed by atoms with E-state index in [-0.39, 0.29) is 5.91 Å². The van der Waals surface area contributed by atoms with Gasteiger partial charge in [0.05, 0.1) is 0 Å². The Morgan fingerprint density at radius 3 is 2.65 bits per heavy atom. The van der Waals surface area contributed by atoms with Crippen LogP contribution in [0.4, 0.5) is 5.69 Å². The van der Waals surface area contributed by atoms with Gasteiger partial charge in [-0.1, -0.05) is 6.92 Å². The fourth-order valence-electron chi connectivity index (χ4n) is 2.07. The molecule has 1 saturated heterocycles. The number of nitrogens with zero attached hydrogens (tertiary/aromatic N) is 1. The maximum absolute atomic E-state index is 12.2. The zero-order valence-corrected chi connectivity index (χ0v) is 11.5. The first-order chi connectivity index (χ1) is 8.08. The number of anilines is 1. The van der Waals surface area contributed by atoms with Crippen LogP contribution in [0.25, 0.3) is 0 Å². The topological polar surface area (TPSA) is 46.3 Å². The van der Waals surface area contributed by atoms with Crippen molar-refractivity contribution in [1.82, 2.24) is 4.90 Å². The van der Waals surface area contributed by atoms with Gasteiger partial charge < -0.3 is 10.6 Å². The molecular formula is C13H17BrN2O. The molecule has 0 radical (unpaired) electrons. The van der Waals surface area contributed by atoms with Gasteiger partial charge in [-0.3, -0.25) is 4.79 Å². The molecule has 1 aliphatic rings. The minimum Gasteiger partial charge on any atom is -0.398 e. The van der Waals surface area contributed by atoms with Crippen molar-refractivity contribution in [3.8, 4) is 0 Å². The number of hydrogen-bond donors (Lipinski definition) is 1. The summed E-state index contributed by atoms with van der Waals surface area (Å²) in [5.74, 6) is 0.824. The van der Waals surface area contributed by atoms with Crippen molar-refractivity contribution in [2.24, 2.45) is 5.92 Å². The highest BCUT2D eigenvalue weighted by Gasteiger charge is 2.21. The normalized spacial score (nSPS) is 17.2. The van der Waals surface area contributed by atoms with Crippen LogP contribution in [0.3, 0.4) is 0 Å². The molecule has 0 aromatic heterocycles. The molecule has 17 heavy (non-hydrogen) atoms. The van der Waals surface area contributed by atoms with Crippen molar-refractivity contribution in [3.63, 3.8) is 0 Å². The van der Waals surface area contributed by atoms with Crippen molar-refractivity contribution in [3.05, 3.63) is 28.2 Å². The second kappa shape index (κ2) is 5.08. The number of nitrogens with two attached hydrogens (primary N) is 1. The Morgan fingerprint density at radius 2 is 2.06 bits per heavy atom. The molecule has 1 aliphatic heterocycles. The van der Waals surface area contributed by atoms with E-state index in [1.807, 2.05) is 17.0 Å². The van der Waals surface area contributed by atoms with E-state index < -0.39 is 0 Å². The van der Waals surface area contributed by atoms with E-state index in [4.69, 9.17) is 5.73 Å². The molecule has 92 valence electrons. The van der Waals surface area contributed by atoms with E-state index in [0.29, 0.717) is 11.3 Å². The average molecular weight is 297 g/mol. The van der Waals surface area contributed by atoms with Crippen LogP contribution in [-0.4, -0.2) is 23.9 Å². The Labute approximate surface area is 110 Å². The lowest BCUT2D eigenvalue weighted by Crippen LogP contribution is -2.37. The number of rotatable bonds is 1. The fourth-order valence-corrected chi connectivity index (χ4v) is 2.32. The number of amides is 1. The minimum atomic E-state index is 0.0936. The molecule has 0 saturated carbocycles. The van der Waals surface area contributed by atoms with Gasteiger partial charge in [0.25, 0.3) is 5.91 Å². The Balaban J connectivity index is 2.11. The largest absolute Gasteiger partial charge is 0.398 e. The van der Waals surface area contributed by atoms with Crippen molar-refractivity contribution in [2.75, 3.05) is 18.8 Å². The zero-order valence-electron chi connectivity index (χ0n) is 9.95. The lowest BCUT2D eigenvalue weighted by atomic mass is 9.98. The van der Waals surface area contributed by atoms with Gasteiger partial charge >= 0.3 is 0 Å². The third-order valence-corrected chi connectivity index (χ3v) is 4.04. The third-order valence-electron chi connectivity index (χ3n) is 3.31. The molecule has 1 amide bonds. The van der Waals surface area contributed by atoms with Crippen LogP contribution in [0.1, 0.15) is 30.1 Å². The first-order valence-electron chi connectivity index (χ1n) is 5.92. The summed E-state index contributed by atoms with van der Waals surface area (Å²) in [6, 6.07) is 5.39. The Kier molecular flexibility index (Phi) is 3.72. The van der Waals surface area contributed by atoms with Crippen LogP contribution in [-0.2, 0) is 0 Å². The van der Waals surface area contributed by atoms with Gasteiger partial charge in [0.1, 0.15) is 0 Å². The van der Waals surface area contributed by atoms with Crippen molar-refractivity contribution < 1.29 is 4.79 Å². The summed E-state index contributed by atoms with van der Waals surface area (Å²) in [4.78, 5) is 14.1. The molecule has 3 nitrogen and oxygen atoms in total. The van der Waals surface area contributed by atoms with E-state index in [1.54, 1.807) is 6.07 Å². The second-order valence-corrected chi connectivity index (χ2v) is 5.57. The maximum Gasteiger partial charge on any atom is 0.253 e. The van der Waals surface area contributed by atoms with Gasteiger partial charge in [-0.2, -0.15) is 0 Å². The predicted molar refractivity (Wildman–Crippen MR) is 72.9 cm³/mol. The van der Waals surface area contributed by atoms with Crippen LogP contribution >= 0.6 is 15.9 Å². The van der Waals surface area contributed by atoms with Crippen molar-refractivity contribution >= 4 is 27.5 Å². The summed E-state index contributed by atoms with van der Waals surface area (Å²) in [5, 5.41) is 0. The summed E-state index contributed by atoms with van der Waals surface area (Å²) in [5.41, 5.74) is 7.09. The van der Waals surface area contributed by atoms with E-state index in [9.17, 15) is 4.79 Å². The number of carbonyl (C=O) groups is 1. The highest BCUT2D eigenvalue weighted by atomic mass is 79.9. The number of likely N-dealkylation sites (tertiary alicyclic amines) is 1. The van der Waals surface area contributed by atoms with Gasteiger partial charge in [-0.25, -0.2) is 0 Å². The first-order valence-corrected chi connectivity index (χ1v) is 6.71. The molecule has 0 bridgehead atoms. The predicted octanol–water partition coefficient (Wildman–Crippen LogP) is 2.90. The SMILES string of the molecule is CC1CCN(C(=O)c2ccc(Br)c(N)c2)CC1. The minimum absolute atomic E-state index is 0.0936. The molecule has 0 aliphatic carbocycles. The zero-order chi connectivity index (χ0) is 12.4. The Morgan fingerprint density at radius 1 is 1.41 bits per heavy atom. The highest BCUT2D eigenvalue weighted by Crippen LogP contribution is 2.23. The summed E-state index contributed by atoms with van der Waals surface area (Å²) in [6.45, 7) is 3.95. The lowest BCUT2D eigenvalue weighted by Gasteiger charge is -2.30. The number of carbonyl (C=O) groups excluding carboxylic acids is 1. The number of halogens is 1. The fraction of sp³-hybridized carbons (Fsp3) is 0.462. The average Bonchev–Trinajstić information content (AvgIpc) is 2.33. The lowest BCUT2D eigenvalue weighted by molar-refractivity contribution is 0.0697. The summed E-state index contributed by atoms with van der Waals surface area (Å²) in [6.07, 6.45) is 2.19. The van der Waals surface area contributed by atoms with Crippen molar-refractivity contribution in [2.45, 2.75) is 19.8 Å². The van der Waals surface area contributed by atoms with E-state index in [0.717, 1.165) is 36.3 Å². The summed E-state index contributed by atoms with van der Waals surface area (Å²) in [7, 11) is 0. The van der Waals surface area contributed by atoms with Crippen molar-refractivity contribution in [1.29, 1.82) is 0 Å². The van der Waals surface area contributed by atoms with Gasteiger partial charge in [0, 0.05) is 28.8 Å². The molecule has 2 N–H and O–H groups in total. The molecule has 0 spiro atoms. The second-order valence-electron chi connectivity index (χ2n) is 4.71. The monoisotopic (exact) mass is 296 g/mol. The number of nitrogen functional groups attached to an aromatic ring is 1. The standard InChI is InChI=1S/C13H17BrN2O/c1-9-4-6-16(7-5-9)13(17)10-2-3-11(14)12(15)8-10/h2-3,8-9H,4-7,15H2,1H3. The Hall–Kier alpha value is -1.03. The van der Waals surface area contributed by atoms with Crippen LogP contribution in [0.15, 0.2) is 22.7 Å². The maximum atomic E-state index is 12.2. The number of hydrogen-bond acceptors (Lipinski definition) is 2. The number of piperidine rings is 1. The van der Waals surface area contributed by atoms with Gasteiger partial charge in [-0.15, -0.1) is 0 Å². The van der Waals surface area contributed by atoms with E-state index in [1.165, 1.54) is 0 Å². The summed E-state index contributed by atoms with van der Waals surface area (Å²) < 4.78 is 0.835. The molecule has 4 heteroatoms. The molecule has 1 heterocycles. The molecule has 0 atom stereocenters. The Bertz CT molecular complexity index is 425. The van der Waals surface area contributed by atoms with Gasteiger partial charge in [0.15, 0.2) is 0 Å². The molecular weight excluding hydrogens is 280 g/mol. The van der Waals surface area contributed by atoms with Crippen LogP contribution in [0.5, 0.6) is 0 Å². The molecule has 1 aromatic rings. The summed E-state index contributed by atoms with van der Waals surface area (Å²) >= 11 is 3.33. The quantitative estimate of drug-likeness (QED) is 0.810. The van der Waals surface area contributed by atoms with E-state index in [2.05, 4.69) is 22.9 Å². The molecule has 2 rings (SSSR count). The van der Waals surface area contributed by atoms with Crippen LogP contribution < -0.4 is 5.73 Å². The van der Waals surface area contributed by atoms with Gasteiger partial charge in [0.2, 0.25) is 0 Å². The van der Waals surface area contributed by atoms with Crippen LogP contribution in [0.2, 0.25) is 0 Å². The highest BCUT2D eigenvalue weighted by molar-refractivity contribution is 9.10. The smallest absolute Gasteiger partial charge is 0.253 e.